The van der Waals surface area contributed by atoms with E-state index in [1.165, 1.54) is 17.0 Å². The van der Waals surface area contributed by atoms with Crippen molar-refractivity contribution in [1.29, 1.82) is 0 Å². The summed E-state index contributed by atoms with van der Waals surface area (Å²) in [7, 11) is -2.35. The number of rotatable bonds is 9. The first-order valence-corrected chi connectivity index (χ1v) is 17.8. The van der Waals surface area contributed by atoms with E-state index >= 15 is 0 Å². The maximum absolute atomic E-state index is 14.3. The van der Waals surface area contributed by atoms with Gasteiger partial charge in [-0.1, -0.05) is 37.3 Å². The van der Waals surface area contributed by atoms with Crippen LogP contribution in [0.2, 0.25) is 0 Å². The average molecular weight is 684 g/mol. The smallest absolute Gasteiger partial charge is 0.261 e. The number of hydrogen-bond donors (Lipinski definition) is 2. The van der Waals surface area contributed by atoms with Crippen molar-refractivity contribution in [1.82, 2.24) is 9.80 Å². The third kappa shape index (κ3) is 10.0. The van der Waals surface area contributed by atoms with Gasteiger partial charge in [0.25, 0.3) is 15.9 Å². The number of carbonyl (C=O) groups excluding carboxylic acids is 2. The van der Waals surface area contributed by atoms with E-state index in [0.717, 1.165) is 42.7 Å². The molecule has 10 nitrogen and oxygen atoms in total. The Labute approximate surface area is 282 Å². The van der Waals surface area contributed by atoms with E-state index < -0.39 is 33.9 Å². The Morgan fingerprint density at radius 2 is 1.79 bits per heavy atom. The lowest BCUT2D eigenvalue weighted by atomic mass is 10.0. The number of benzene rings is 3. The van der Waals surface area contributed by atoms with Crippen LogP contribution in [0.4, 0.5) is 10.1 Å². The number of halogens is 1. The lowest BCUT2D eigenvalue weighted by Crippen LogP contribution is -2.48. The normalized spacial score (nSPS) is 20.2. The van der Waals surface area contributed by atoms with Crippen molar-refractivity contribution in [3.05, 3.63) is 89.7 Å². The monoisotopic (exact) mass is 683 g/mol. The Morgan fingerprint density at radius 3 is 2.48 bits per heavy atom. The molecule has 0 aromatic heterocycles. The van der Waals surface area contributed by atoms with Crippen molar-refractivity contribution in [3.63, 3.8) is 0 Å². The topological polar surface area (TPSA) is 125 Å². The number of nitrogens with one attached hydrogen (secondary N) is 1. The Hall–Kier alpha value is -4.00. The number of aliphatic hydroxyl groups is 1. The second-order valence-electron chi connectivity index (χ2n) is 12.5. The zero-order chi connectivity index (χ0) is 34.8. The summed E-state index contributed by atoms with van der Waals surface area (Å²) in [6.07, 6.45) is 1.85. The maximum atomic E-state index is 14.3. The molecular weight excluding hydrogens is 637 g/mol. The third-order valence-corrected chi connectivity index (χ3v) is 9.90. The Balaban J connectivity index is 1.63. The summed E-state index contributed by atoms with van der Waals surface area (Å²) in [6.45, 7) is 6.23. The van der Waals surface area contributed by atoms with Crippen LogP contribution in [0.3, 0.4) is 0 Å². The molecule has 2 amide bonds. The molecule has 0 bridgehead atoms. The van der Waals surface area contributed by atoms with E-state index in [2.05, 4.69) is 4.72 Å². The quantitative estimate of drug-likeness (QED) is 0.321. The first-order chi connectivity index (χ1) is 22.9. The zero-order valence-electron chi connectivity index (χ0n) is 28.0. The molecule has 2 N–H and O–H groups in total. The van der Waals surface area contributed by atoms with Crippen molar-refractivity contribution in [2.45, 2.75) is 69.6 Å². The van der Waals surface area contributed by atoms with Crippen LogP contribution in [0.25, 0.3) is 0 Å². The van der Waals surface area contributed by atoms with E-state index in [1.54, 1.807) is 24.9 Å². The van der Waals surface area contributed by atoms with E-state index in [1.807, 2.05) is 44.2 Å². The van der Waals surface area contributed by atoms with Gasteiger partial charge in [-0.15, -0.1) is 0 Å². The molecule has 0 fully saturated rings. The fraction of sp³-hybridized carbons (Fsp3) is 0.444. The summed E-state index contributed by atoms with van der Waals surface area (Å²) < 4.78 is 54.7. The minimum Gasteiger partial charge on any atom is -0.490 e. The number of nitrogens with zero attached hydrogens (tertiary/aromatic N) is 2. The number of amides is 2. The molecule has 260 valence electrons. The summed E-state index contributed by atoms with van der Waals surface area (Å²) >= 11 is 0. The number of carbonyl (C=O) groups is 2. The molecule has 0 saturated heterocycles. The molecule has 1 aliphatic rings. The van der Waals surface area contributed by atoms with Crippen LogP contribution in [0.1, 0.15) is 56.0 Å². The van der Waals surface area contributed by atoms with Gasteiger partial charge in [-0.05, 0) is 81.1 Å². The second kappa shape index (κ2) is 16.9. The minimum atomic E-state index is -4.09. The van der Waals surface area contributed by atoms with Gasteiger partial charge in [0.05, 0.1) is 41.7 Å². The molecule has 12 heteroatoms. The van der Waals surface area contributed by atoms with Crippen molar-refractivity contribution < 1.29 is 37.0 Å². The van der Waals surface area contributed by atoms with Gasteiger partial charge in [0.1, 0.15) is 11.6 Å². The van der Waals surface area contributed by atoms with Crippen molar-refractivity contribution in [2.24, 2.45) is 5.92 Å². The Morgan fingerprint density at radius 1 is 1.08 bits per heavy atom. The number of ether oxygens (including phenoxy) is 2. The SMILES string of the molecule is C[C@@H]1CCCCO[C@H](CN(C)C(=O)Cc2ccccc2)[C@H](C)CN([C@H](C)CO)C(=O)c2cc(NS(=O)(=O)c3ccc(F)cc3)ccc2O1. The number of anilines is 1. The van der Waals surface area contributed by atoms with Gasteiger partial charge in [-0.3, -0.25) is 14.3 Å². The van der Waals surface area contributed by atoms with Gasteiger partial charge < -0.3 is 24.4 Å². The van der Waals surface area contributed by atoms with Gasteiger partial charge in [0.2, 0.25) is 5.91 Å². The second-order valence-corrected chi connectivity index (χ2v) is 14.2. The Bertz CT molecular complexity index is 1620. The molecule has 0 saturated carbocycles. The molecular formula is C36H46FN3O7S. The molecule has 4 rings (SSSR count). The van der Waals surface area contributed by atoms with E-state index in [-0.39, 0.29) is 59.4 Å². The number of likely N-dealkylation sites (N-methyl/N-ethyl adjacent to an activating group) is 1. The van der Waals surface area contributed by atoms with Crippen LogP contribution in [-0.2, 0) is 26.0 Å². The van der Waals surface area contributed by atoms with Crippen LogP contribution in [0.5, 0.6) is 5.75 Å². The molecule has 4 atom stereocenters. The molecule has 0 aliphatic carbocycles. The largest absolute Gasteiger partial charge is 0.490 e. The molecule has 0 unspecified atom stereocenters. The highest BCUT2D eigenvalue weighted by molar-refractivity contribution is 7.92. The number of sulfonamides is 1. The van der Waals surface area contributed by atoms with E-state index in [9.17, 15) is 27.5 Å². The van der Waals surface area contributed by atoms with Gasteiger partial charge in [0, 0.05) is 38.3 Å². The predicted octanol–water partition coefficient (Wildman–Crippen LogP) is 5.12. The Kier molecular flexibility index (Phi) is 13.0. The summed E-state index contributed by atoms with van der Waals surface area (Å²) in [6, 6.07) is 17.8. The zero-order valence-corrected chi connectivity index (χ0v) is 28.8. The molecule has 3 aromatic carbocycles. The molecule has 48 heavy (non-hydrogen) atoms. The molecule has 3 aromatic rings. The fourth-order valence-electron chi connectivity index (χ4n) is 5.55. The number of aliphatic hydroxyl groups excluding tert-OH is 1. The van der Waals surface area contributed by atoms with Crippen LogP contribution >= 0.6 is 0 Å². The van der Waals surface area contributed by atoms with Gasteiger partial charge in [0.15, 0.2) is 0 Å². The standard InChI is InChI=1S/C36H46FN3O7S/c1-25-22-40(26(2)24-41)36(43)32-21-30(38-48(44,45)31-16-13-29(37)14-17-31)15-18-33(32)47-27(3)10-8-9-19-46-34(25)23-39(4)35(42)20-28-11-6-5-7-12-28/h5-7,11-18,21,25-27,34,38,41H,8-10,19-20,22-24H2,1-4H3/t25-,26-,27-,34-/m1/s1. The average Bonchev–Trinajstić information content (AvgIpc) is 3.06. The predicted molar refractivity (Wildman–Crippen MR) is 182 cm³/mol. The first-order valence-electron chi connectivity index (χ1n) is 16.3. The van der Waals surface area contributed by atoms with Gasteiger partial charge in [-0.25, -0.2) is 12.8 Å². The lowest BCUT2D eigenvalue weighted by molar-refractivity contribution is -0.131. The number of hydrogen-bond acceptors (Lipinski definition) is 7. The summed E-state index contributed by atoms with van der Waals surface area (Å²) in [5, 5.41) is 10.2. The summed E-state index contributed by atoms with van der Waals surface area (Å²) in [5.74, 6) is -1.04. The molecule has 1 aliphatic heterocycles. The van der Waals surface area contributed by atoms with Crippen molar-refractivity contribution >= 4 is 27.5 Å². The minimum absolute atomic E-state index is 0.0522. The lowest BCUT2D eigenvalue weighted by Gasteiger charge is -2.36. The highest BCUT2D eigenvalue weighted by Gasteiger charge is 2.31. The maximum Gasteiger partial charge on any atom is 0.261 e. The molecule has 1 heterocycles. The van der Waals surface area contributed by atoms with Crippen LogP contribution < -0.4 is 9.46 Å². The fourth-order valence-corrected chi connectivity index (χ4v) is 6.60. The summed E-state index contributed by atoms with van der Waals surface area (Å²) in [5.41, 5.74) is 1.16. The number of fused-ring (bicyclic) bond motifs is 1. The highest BCUT2D eigenvalue weighted by Crippen LogP contribution is 2.29. The van der Waals surface area contributed by atoms with Crippen LogP contribution in [0, 0.1) is 11.7 Å². The third-order valence-electron chi connectivity index (χ3n) is 8.51. The van der Waals surface area contributed by atoms with E-state index in [0.29, 0.717) is 19.6 Å². The molecule has 0 radical (unpaired) electrons. The molecule has 0 spiro atoms. The first kappa shape index (κ1) is 36.8. The van der Waals surface area contributed by atoms with Gasteiger partial charge in [-0.2, -0.15) is 0 Å². The van der Waals surface area contributed by atoms with Crippen LogP contribution in [0.15, 0.2) is 77.7 Å². The van der Waals surface area contributed by atoms with Crippen LogP contribution in [-0.4, -0.2) is 86.7 Å². The van der Waals surface area contributed by atoms with E-state index in [4.69, 9.17) is 9.47 Å². The van der Waals surface area contributed by atoms with Gasteiger partial charge >= 0.3 is 0 Å². The van der Waals surface area contributed by atoms with Crippen molar-refractivity contribution in [3.8, 4) is 5.75 Å². The highest BCUT2D eigenvalue weighted by atomic mass is 32.2. The van der Waals surface area contributed by atoms with Crippen molar-refractivity contribution in [2.75, 3.05) is 38.1 Å². The summed E-state index contributed by atoms with van der Waals surface area (Å²) in [4.78, 5) is 30.5.